The van der Waals surface area contributed by atoms with Crippen molar-refractivity contribution >= 4 is 17.8 Å². The van der Waals surface area contributed by atoms with Gasteiger partial charge in [-0.05, 0) is 5.92 Å². The van der Waals surface area contributed by atoms with Crippen molar-refractivity contribution in [1.29, 1.82) is 0 Å². The molecular weight excluding hydrogens is 234 g/mol. The first-order chi connectivity index (χ1) is 8.45. The van der Waals surface area contributed by atoms with Gasteiger partial charge in [0.15, 0.2) is 0 Å². The highest BCUT2D eigenvalue weighted by molar-refractivity contribution is 6.09. The lowest BCUT2D eigenvalue weighted by atomic mass is 9.91. The average molecular weight is 249 g/mol. The largest absolute Gasteiger partial charge is 0.480 e. The van der Waals surface area contributed by atoms with Crippen LogP contribution in [-0.4, -0.2) is 33.8 Å². The van der Waals surface area contributed by atoms with Gasteiger partial charge in [0, 0.05) is 0 Å². The summed E-state index contributed by atoms with van der Waals surface area (Å²) in [5.41, 5.74) is 0. The predicted octanol–water partition coefficient (Wildman–Crippen LogP) is 0.823. The van der Waals surface area contributed by atoms with Gasteiger partial charge in [-0.3, -0.25) is 14.5 Å². The second-order valence-electron chi connectivity index (χ2n) is 4.89. The van der Waals surface area contributed by atoms with E-state index < -0.39 is 35.7 Å². The Morgan fingerprint density at radius 2 is 1.61 bits per heavy atom. The molecule has 5 nitrogen and oxygen atoms in total. The average Bonchev–Trinajstić information content (AvgIpc) is 2.55. The third-order valence-corrected chi connectivity index (χ3v) is 3.34. The van der Waals surface area contributed by atoms with Gasteiger partial charge < -0.3 is 5.11 Å². The van der Waals surface area contributed by atoms with Gasteiger partial charge in [0.25, 0.3) is 0 Å². The van der Waals surface area contributed by atoms with Crippen LogP contribution in [0.3, 0.4) is 0 Å². The molecular formula is C13H15NO4. The molecule has 96 valence electrons. The van der Waals surface area contributed by atoms with E-state index in [-0.39, 0.29) is 5.92 Å². The first-order valence-corrected chi connectivity index (χ1v) is 5.90. The molecule has 0 aromatic rings. The van der Waals surface area contributed by atoms with Crippen LogP contribution < -0.4 is 0 Å². The molecule has 18 heavy (non-hydrogen) atoms. The fourth-order valence-electron chi connectivity index (χ4n) is 2.48. The smallest absolute Gasteiger partial charge is 0.327 e. The molecule has 1 aliphatic carbocycles. The van der Waals surface area contributed by atoms with Gasteiger partial charge >= 0.3 is 5.97 Å². The van der Waals surface area contributed by atoms with Crippen molar-refractivity contribution in [3.05, 3.63) is 24.3 Å². The van der Waals surface area contributed by atoms with Crippen LogP contribution in [-0.2, 0) is 14.4 Å². The minimum absolute atomic E-state index is 0.316. The Morgan fingerprint density at radius 3 is 1.94 bits per heavy atom. The van der Waals surface area contributed by atoms with E-state index in [1.54, 1.807) is 38.2 Å². The lowest BCUT2D eigenvalue weighted by Crippen LogP contribution is -2.48. The summed E-state index contributed by atoms with van der Waals surface area (Å²) in [6, 6.07) is -1.09. The molecule has 0 aromatic heterocycles. The van der Waals surface area contributed by atoms with Crippen LogP contribution in [0.2, 0.25) is 0 Å². The number of hydrogen-bond donors (Lipinski definition) is 1. The van der Waals surface area contributed by atoms with E-state index in [2.05, 4.69) is 0 Å². The summed E-state index contributed by atoms with van der Waals surface area (Å²) in [6.07, 6.45) is 6.73. The number of likely N-dealkylation sites (tertiary alicyclic amines) is 1. The number of carbonyl (C=O) groups excluding carboxylic acids is 2. The predicted molar refractivity (Wildman–Crippen MR) is 63.4 cm³/mol. The maximum atomic E-state index is 12.2. The highest BCUT2D eigenvalue weighted by Gasteiger charge is 2.50. The second-order valence-corrected chi connectivity index (χ2v) is 4.89. The highest BCUT2D eigenvalue weighted by Crippen LogP contribution is 2.33. The molecule has 5 heteroatoms. The molecule has 1 N–H and O–H groups in total. The summed E-state index contributed by atoms with van der Waals surface area (Å²) in [5.74, 6) is -3.36. The zero-order chi connectivity index (χ0) is 13.4. The van der Waals surface area contributed by atoms with Crippen LogP contribution in [0.15, 0.2) is 24.3 Å². The van der Waals surface area contributed by atoms with Crippen LogP contribution in [0, 0.1) is 17.8 Å². The first kappa shape index (κ1) is 12.5. The number of carboxylic acids is 1. The molecule has 1 heterocycles. The van der Waals surface area contributed by atoms with Gasteiger partial charge in [-0.15, -0.1) is 0 Å². The molecule has 2 rings (SSSR count). The zero-order valence-corrected chi connectivity index (χ0v) is 10.2. The number of hydrogen-bond acceptors (Lipinski definition) is 3. The third-order valence-electron chi connectivity index (χ3n) is 3.34. The molecule has 0 aromatic carbocycles. The quantitative estimate of drug-likeness (QED) is 0.751. The van der Waals surface area contributed by atoms with Crippen molar-refractivity contribution in [2.45, 2.75) is 19.9 Å². The van der Waals surface area contributed by atoms with Gasteiger partial charge in [0.2, 0.25) is 11.8 Å². The van der Waals surface area contributed by atoms with E-state index in [9.17, 15) is 19.5 Å². The summed E-state index contributed by atoms with van der Waals surface area (Å²) in [5, 5.41) is 9.19. The molecule has 0 spiro atoms. The molecule has 3 atom stereocenters. The molecule has 1 fully saturated rings. The van der Waals surface area contributed by atoms with Crippen molar-refractivity contribution in [3.63, 3.8) is 0 Å². The van der Waals surface area contributed by atoms with Crippen molar-refractivity contribution in [3.8, 4) is 0 Å². The molecule has 0 radical (unpaired) electrons. The number of fused-ring (bicyclic) bond motifs is 1. The normalized spacial score (nSPS) is 27.8. The molecule has 1 aliphatic heterocycles. The zero-order valence-electron chi connectivity index (χ0n) is 10.2. The highest BCUT2D eigenvalue weighted by atomic mass is 16.4. The lowest BCUT2D eigenvalue weighted by Gasteiger charge is -2.25. The Hall–Kier alpha value is -1.91. The van der Waals surface area contributed by atoms with Gasteiger partial charge in [-0.25, -0.2) is 4.79 Å². The maximum absolute atomic E-state index is 12.2. The van der Waals surface area contributed by atoms with E-state index in [0.29, 0.717) is 0 Å². The van der Waals surface area contributed by atoms with E-state index in [1.165, 1.54) is 0 Å². The van der Waals surface area contributed by atoms with Crippen LogP contribution in [0.25, 0.3) is 0 Å². The van der Waals surface area contributed by atoms with Crippen molar-refractivity contribution in [2.24, 2.45) is 17.8 Å². The first-order valence-electron chi connectivity index (χ1n) is 5.90. The summed E-state index contributed by atoms with van der Waals surface area (Å²) >= 11 is 0. The number of nitrogens with zero attached hydrogens (tertiary/aromatic N) is 1. The SMILES string of the molecule is CC(C)C(C(=O)O)N1C(=O)C2C=CC=CC2C1=O. The number of rotatable bonds is 3. The summed E-state index contributed by atoms with van der Waals surface area (Å²) in [4.78, 5) is 36.5. The fourth-order valence-corrected chi connectivity index (χ4v) is 2.48. The summed E-state index contributed by atoms with van der Waals surface area (Å²) in [6.45, 7) is 3.38. The number of imide groups is 1. The van der Waals surface area contributed by atoms with Gasteiger partial charge in [0.05, 0.1) is 11.8 Å². The van der Waals surface area contributed by atoms with Crippen LogP contribution in [0.5, 0.6) is 0 Å². The van der Waals surface area contributed by atoms with Crippen molar-refractivity contribution in [1.82, 2.24) is 4.90 Å². The van der Waals surface area contributed by atoms with Crippen LogP contribution >= 0.6 is 0 Å². The standard InChI is InChI=1S/C13H15NO4/c1-7(2)10(13(17)18)14-11(15)8-5-3-4-6-9(8)12(14)16/h3-10H,1-2H3,(H,17,18). The van der Waals surface area contributed by atoms with Crippen molar-refractivity contribution in [2.75, 3.05) is 0 Å². The molecule has 1 saturated heterocycles. The number of amides is 2. The number of carboxylic acid groups (broad SMARTS) is 1. The third kappa shape index (κ3) is 1.75. The molecule has 0 bridgehead atoms. The Kier molecular flexibility index (Phi) is 3.07. The van der Waals surface area contributed by atoms with E-state index in [4.69, 9.17) is 0 Å². The number of carbonyl (C=O) groups is 3. The Morgan fingerprint density at radius 1 is 1.17 bits per heavy atom. The van der Waals surface area contributed by atoms with E-state index in [1.807, 2.05) is 0 Å². The van der Waals surface area contributed by atoms with Crippen molar-refractivity contribution < 1.29 is 19.5 Å². The minimum Gasteiger partial charge on any atom is -0.480 e. The molecule has 2 aliphatic rings. The summed E-state index contributed by atoms with van der Waals surface area (Å²) in [7, 11) is 0. The monoisotopic (exact) mass is 249 g/mol. The second kappa shape index (κ2) is 4.40. The number of aliphatic carboxylic acids is 1. The summed E-state index contributed by atoms with van der Waals surface area (Å²) < 4.78 is 0. The van der Waals surface area contributed by atoms with Crippen LogP contribution in [0.4, 0.5) is 0 Å². The minimum atomic E-state index is -1.14. The Labute approximate surface area is 105 Å². The van der Waals surface area contributed by atoms with E-state index in [0.717, 1.165) is 4.90 Å². The van der Waals surface area contributed by atoms with Gasteiger partial charge in [0.1, 0.15) is 6.04 Å². The van der Waals surface area contributed by atoms with Gasteiger partial charge in [-0.1, -0.05) is 38.2 Å². The van der Waals surface area contributed by atoms with E-state index >= 15 is 0 Å². The lowest BCUT2D eigenvalue weighted by molar-refractivity contribution is -0.156. The topological polar surface area (TPSA) is 74.7 Å². The maximum Gasteiger partial charge on any atom is 0.327 e. The number of allylic oxidation sites excluding steroid dienone is 2. The molecule has 3 unspecified atom stereocenters. The fraction of sp³-hybridized carbons (Fsp3) is 0.462. The molecule has 2 amide bonds. The molecule has 0 saturated carbocycles. The van der Waals surface area contributed by atoms with Crippen LogP contribution in [0.1, 0.15) is 13.8 Å². The van der Waals surface area contributed by atoms with Gasteiger partial charge in [-0.2, -0.15) is 0 Å². The Bertz CT molecular complexity index is 434. The Balaban J connectivity index is 2.37.